The molecule has 0 spiro atoms. The van der Waals surface area contributed by atoms with E-state index in [2.05, 4.69) is 5.32 Å². The van der Waals surface area contributed by atoms with Crippen molar-refractivity contribution in [2.75, 3.05) is 31.1 Å². The molecule has 124 valence electrons. The van der Waals surface area contributed by atoms with E-state index in [4.69, 9.17) is 0 Å². The number of rotatable bonds is 5. The standard InChI is InChI=1S/C18H25N3O2/c1-14-5-7-15(8-6-14)21-17(22)13-16(18(21)23)19-9-12-20-10-3-2-4-11-20/h5-8,16,19H,2-4,9-13H2,1H3/p+2/t16-/m0/s1. The average Bonchev–Trinajstić information content (AvgIpc) is 2.84. The number of carbonyl (C=O) groups excluding carboxylic acids is 2. The molecule has 23 heavy (non-hydrogen) atoms. The normalized spacial score (nSPS) is 22.8. The van der Waals surface area contributed by atoms with Crippen molar-refractivity contribution >= 4 is 17.5 Å². The molecule has 3 rings (SSSR count). The molecule has 2 fully saturated rings. The number of nitrogens with zero attached hydrogens (tertiary/aromatic N) is 1. The number of nitrogens with two attached hydrogens (primary N) is 1. The molecule has 0 bridgehead atoms. The van der Waals surface area contributed by atoms with Gasteiger partial charge in [0.2, 0.25) is 5.91 Å². The quantitative estimate of drug-likeness (QED) is 0.703. The minimum Gasteiger partial charge on any atom is -0.331 e. The fraction of sp³-hybridized carbons (Fsp3) is 0.556. The van der Waals surface area contributed by atoms with Gasteiger partial charge in [0, 0.05) is 0 Å². The van der Waals surface area contributed by atoms with Crippen molar-refractivity contribution < 1.29 is 19.8 Å². The lowest BCUT2D eigenvalue weighted by molar-refractivity contribution is -0.917. The molecule has 1 aromatic carbocycles. The Morgan fingerprint density at radius 2 is 1.83 bits per heavy atom. The zero-order valence-corrected chi connectivity index (χ0v) is 13.9. The molecule has 1 aromatic rings. The summed E-state index contributed by atoms with van der Waals surface area (Å²) >= 11 is 0. The Hall–Kier alpha value is -1.72. The van der Waals surface area contributed by atoms with Gasteiger partial charge in [-0.2, -0.15) is 0 Å². The first-order chi connectivity index (χ1) is 11.1. The third kappa shape index (κ3) is 3.79. The van der Waals surface area contributed by atoms with Crippen molar-refractivity contribution in [2.45, 2.75) is 38.6 Å². The first-order valence-corrected chi connectivity index (χ1v) is 8.75. The number of hydrogen-bond acceptors (Lipinski definition) is 2. The molecule has 2 aliphatic heterocycles. The van der Waals surface area contributed by atoms with Gasteiger partial charge in [-0.15, -0.1) is 0 Å². The summed E-state index contributed by atoms with van der Waals surface area (Å²) < 4.78 is 0. The number of hydrogen-bond donors (Lipinski definition) is 2. The number of imide groups is 1. The summed E-state index contributed by atoms with van der Waals surface area (Å²) in [5, 5.41) is 2.07. The van der Waals surface area contributed by atoms with Crippen molar-refractivity contribution in [3.63, 3.8) is 0 Å². The van der Waals surface area contributed by atoms with E-state index in [1.54, 1.807) is 4.90 Å². The number of nitrogens with one attached hydrogen (secondary N) is 1. The Morgan fingerprint density at radius 3 is 2.52 bits per heavy atom. The lowest BCUT2D eigenvalue weighted by Gasteiger charge is -2.23. The molecule has 1 atom stereocenters. The average molecular weight is 317 g/mol. The van der Waals surface area contributed by atoms with Crippen LogP contribution >= 0.6 is 0 Å². The lowest BCUT2D eigenvalue weighted by Crippen LogP contribution is -3.15. The molecule has 5 heteroatoms. The minimum atomic E-state index is -0.243. The van der Waals surface area contributed by atoms with E-state index in [9.17, 15) is 9.59 Å². The second-order valence-electron chi connectivity index (χ2n) is 6.80. The Morgan fingerprint density at radius 1 is 1.13 bits per heavy atom. The summed E-state index contributed by atoms with van der Waals surface area (Å²) in [5.41, 5.74) is 1.82. The van der Waals surface area contributed by atoms with Crippen LogP contribution in [-0.4, -0.2) is 44.0 Å². The smallest absolute Gasteiger partial charge is 0.292 e. The van der Waals surface area contributed by atoms with E-state index >= 15 is 0 Å². The first kappa shape index (κ1) is 16.1. The molecule has 0 radical (unpaired) electrons. The van der Waals surface area contributed by atoms with Gasteiger partial charge in [-0.25, -0.2) is 4.90 Å². The van der Waals surface area contributed by atoms with E-state index < -0.39 is 0 Å². The Balaban J connectivity index is 1.54. The number of carbonyl (C=O) groups is 2. The largest absolute Gasteiger partial charge is 0.331 e. The zero-order valence-electron chi connectivity index (χ0n) is 13.9. The number of benzene rings is 1. The zero-order chi connectivity index (χ0) is 16.2. The third-order valence-corrected chi connectivity index (χ3v) is 4.98. The highest BCUT2D eigenvalue weighted by Crippen LogP contribution is 2.21. The molecule has 0 unspecified atom stereocenters. The predicted molar refractivity (Wildman–Crippen MR) is 88.3 cm³/mol. The number of anilines is 1. The van der Waals surface area contributed by atoms with E-state index in [0.29, 0.717) is 12.1 Å². The van der Waals surface area contributed by atoms with Gasteiger partial charge in [0.1, 0.15) is 13.1 Å². The van der Waals surface area contributed by atoms with E-state index in [1.807, 2.05) is 31.2 Å². The van der Waals surface area contributed by atoms with Crippen molar-refractivity contribution in [3.8, 4) is 0 Å². The summed E-state index contributed by atoms with van der Waals surface area (Å²) in [7, 11) is 0. The van der Waals surface area contributed by atoms with Crippen molar-refractivity contribution in [2.24, 2.45) is 0 Å². The van der Waals surface area contributed by atoms with Crippen molar-refractivity contribution in [1.29, 1.82) is 0 Å². The van der Waals surface area contributed by atoms with E-state index in [1.165, 1.54) is 37.3 Å². The van der Waals surface area contributed by atoms with Crippen LogP contribution in [-0.2, 0) is 9.59 Å². The van der Waals surface area contributed by atoms with Crippen LogP contribution in [0.25, 0.3) is 0 Å². The monoisotopic (exact) mass is 317 g/mol. The topological polar surface area (TPSA) is 58.4 Å². The Labute approximate surface area is 137 Å². The molecule has 0 aliphatic carbocycles. The van der Waals surface area contributed by atoms with Gasteiger partial charge in [-0.3, -0.25) is 9.59 Å². The molecule has 2 heterocycles. The molecule has 2 saturated heterocycles. The van der Waals surface area contributed by atoms with Crippen LogP contribution in [0.15, 0.2) is 24.3 Å². The van der Waals surface area contributed by atoms with Gasteiger partial charge < -0.3 is 10.2 Å². The summed E-state index contributed by atoms with van der Waals surface area (Å²) in [6, 6.07) is 7.34. The maximum atomic E-state index is 12.6. The van der Waals surface area contributed by atoms with Crippen LogP contribution in [0, 0.1) is 6.92 Å². The minimum absolute atomic E-state index is 0.0625. The summed E-state index contributed by atoms with van der Waals surface area (Å²) in [4.78, 5) is 27.8. The highest BCUT2D eigenvalue weighted by Gasteiger charge is 2.42. The highest BCUT2D eigenvalue weighted by atomic mass is 16.2. The van der Waals surface area contributed by atoms with Crippen LogP contribution in [0.2, 0.25) is 0 Å². The van der Waals surface area contributed by atoms with Crippen LogP contribution in [0.5, 0.6) is 0 Å². The Bertz CT molecular complexity index is 564. The molecule has 0 saturated carbocycles. The van der Waals surface area contributed by atoms with Gasteiger partial charge in [0.25, 0.3) is 5.91 Å². The maximum absolute atomic E-state index is 12.6. The van der Waals surface area contributed by atoms with Crippen LogP contribution < -0.4 is 15.1 Å². The molecular formula is C18H27N3O2+2. The molecule has 5 nitrogen and oxygen atoms in total. The van der Waals surface area contributed by atoms with Crippen LogP contribution in [0.1, 0.15) is 31.2 Å². The van der Waals surface area contributed by atoms with Gasteiger partial charge in [-0.05, 0) is 38.3 Å². The first-order valence-electron chi connectivity index (χ1n) is 8.75. The fourth-order valence-electron chi connectivity index (χ4n) is 3.60. The predicted octanol–water partition coefficient (Wildman–Crippen LogP) is -0.741. The summed E-state index contributed by atoms with van der Waals surface area (Å²) in [5.74, 6) is -0.141. The fourth-order valence-corrected chi connectivity index (χ4v) is 3.60. The number of likely N-dealkylation sites (tertiary alicyclic amines) is 1. The van der Waals surface area contributed by atoms with Crippen molar-refractivity contribution in [1.82, 2.24) is 0 Å². The second kappa shape index (κ2) is 7.23. The van der Waals surface area contributed by atoms with E-state index in [-0.39, 0.29) is 17.9 Å². The third-order valence-electron chi connectivity index (χ3n) is 4.98. The number of amides is 2. The number of piperidine rings is 1. The van der Waals surface area contributed by atoms with Crippen molar-refractivity contribution in [3.05, 3.63) is 29.8 Å². The molecule has 2 aliphatic rings. The molecule has 2 amide bonds. The van der Waals surface area contributed by atoms with E-state index in [0.717, 1.165) is 18.7 Å². The Kier molecular flexibility index (Phi) is 5.08. The number of quaternary nitrogens is 2. The lowest BCUT2D eigenvalue weighted by atomic mass is 10.1. The van der Waals surface area contributed by atoms with Gasteiger partial charge in [-0.1, -0.05) is 17.7 Å². The summed E-state index contributed by atoms with van der Waals surface area (Å²) in [6.07, 6.45) is 4.31. The van der Waals surface area contributed by atoms with Crippen LogP contribution in [0.4, 0.5) is 5.69 Å². The van der Waals surface area contributed by atoms with Gasteiger partial charge >= 0.3 is 0 Å². The summed E-state index contributed by atoms with van der Waals surface area (Å²) in [6.45, 7) is 6.50. The molecule has 0 aromatic heterocycles. The van der Waals surface area contributed by atoms with Crippen LogP contribution in [0.3, 0.4) is 0 Å². The molecular weight excluding hydrogens is 290 g/mol. The maximum Gasteiger partial charge on any atom is 0.292 e. The molecule has 3 N–H and O–H groups in total. The van der Waals surface area contributed by atoms with Gasteiger partial charge in [0.05, 0.1) is 25.2 Å². The SMILES string of the molecule is Cc1ccc(N2C(=O)C[C@H]([NH2+]CC[NH+]3CCCCC3)C2=O)cc1. The highest BCUT2D eigenvalue weighted by molar-refractivity contribution is 6.21. The van der Waals surface area contributed by atoms with Gasteiger partial charge in [0.15, 0.2) is 6.04 Å². The second-order valence-corrected chi connectivity index (χ2v) is 6.80. The number of aryl methyl sites for hydroxylation is 1.